The number of anilines is 6. The fraction of sp³-hybridized carbons (Fsp3) is 0.379. The van der Waals surface area contributed by atoms with Crippen molar-refractivity contribution in [2.75, 3.05) is 60.8 Å². The smallest absolute Gasteiger partial charge is 0.229 e. The molecule has 0 atom stereocenters. The van der Waals surface area contributed by atoms with Crippen LogP contribution >= 0.6 is 27.9 Å². The van der Waals surface area contributed by atoms with Gasteiger partial charge >= 0.3 is 0 Å². The van der Waals surface area contributed by atoms with Crippen LogP contribution in [0.2, 0.25) is 0 Å². The maximum atomic E-state index is 5.84. The Morgan fingerprint density at radius 3 is 2.56 bits per heavy atom. The quantitative estimate of drug-likeness (QED) is 0.167. The highest BCUT2D eigenvalue weighted by Gasteiger charge is 2.23. The number of methoxy groups -OCH3 is 1. The standard InChI is InChI=1S/C29H36BrN9OS/c1-6-18-15-23(25(40-4)16-24(18)39-13-9-19(10-14-39)38(2)3)35-29-33-17-20(30)28(36-29)34-22-8-7-21-26(27(22)37-41-5)32-12-11-31-21/h7-8,11-12,15-17,19,37H,6,9-10,13-14H2,1-5H3,(H2,33,34,35,36). The zero-order chi connectivity index (χ0) is 28.9. The molecule has 0 aliphatic carbocycles. The molecule has 0 unspecified atom stereocenters. The van der Waals surface area contributed by atoms with Crippen molar-refractivity contribution in [2.45, 2.75) is 32.2 Å². The van der Waals surface area contributed by atoms with E-state index < -0.39 is 0 Å². The Bertz CT molecular complexity index is 1510. The van der Waals surface area contributed by atoms with Crippen molar-refractivity contribution in [3.8, 4) is 5.75 Å². The molecule has 0 spiro atoms. The molecule has 10 nitrogen and oxygen atoms in total. The Hall–Kier alpha value is -3.35. The van der Waals surface area contributed by atoms with Crippen molar-refractivity contribution in [3.05, 3.63) is 52.9 Å². The number of nitrogens with zero attached hydrogens (tertiary/aromatic N) is 6. The predicted octanol–water partition coefficient (Wildman–Crippen LogP) is 6.46. The molecule has 41 heavy (non-hydrogen) atoms. The maximum Gasteiger partial charge on any atom is 0.229 e. The Kier molecular flexibility index (Phi) is 9.31. The van der Waals surface area contributed by atoms with Crippen LogP contribution in [-0.4, -0.2) is 71.4 Å². The Labute approximate surface area is 254 Å². The van der Waals surface area contributed by atoms with Gasteiger partial charge in [-0.2, -0.15) is 4.98 Å². The lowest BCUT2D eigenvalue weighted by atomic mass is 10.0. The Balaban J connectivity index is 1.41. The van der Waals surface area contributed by atoms with Crippen LogP contribution in [0.5, 0.6) is 5.75 Å². The average molecular weight is 639 g/mol. The molecule has 1 aliphatic heterocycles. The number of aryl methyl sites for hydroxylation is 1. The second-order valence-corrected chi connectivity index (χ2v) is 11.5. The van der Waals surface area contributed by atoms with Crippen LogP contribution in [0.3, 0.4) is 0 Å². The van der Waals surface area contributed by atoms with Gasteiger partial charge in [0.1, 0.15) is 17.1 Å². The highest BCUT2D eigenvalue weighted by molar-refractivity contribution is 9.10. The van der Waals surface area contributed by atoms with Crippen LogP contribution in [0.4, 0.5) is 34.5 Å². The summed E-state index contributed by atoms with van der Waals surface area (Å²) >= 11 is 5.09. The summed E-state index contributed by atoms with van der Waals surface area (Å²) in [6, 6.07) is 8.84. The van der Waals surface area contributed by atoms with Gasteiger partial charge in [-0.15, -0.1) is 0 Å². The lowest BCUT2D eigenvalue weighted by Gasteiger charge is -2.37. The van der Waals surface area contributed by atoms with Gasteiger partial charge in [0, 0.05) is 55.7 Å². The number of fused-ring (bicyclic) bond motifs is 1. The number of nitrogens with one attached hydrogen (secondary N) is 3. The fourth-order valence-electron chi connectivity index (χ4n) is 5.19. The molecule has 3 N–H and O–H groups in total. The van der Waals surface area contributed by atoms with Crippen LogP contribution in [0.1, 0.15) is 25.3 Å². The summed E-state index contributed by atoms with van der Waals surface area (Å²) in [7, 11) is 6.04. The summed E-state index contributed by atoms with van der Waals surface area (Å²) in [5.74, 6) is 1.83. The number of rotatable bonds is 10. The molecule has 216 valence electrons. The first kappa shape index (κ1) is 29.2. The number of hydrogen-bond acceptors (Lipinski definition) is 11. The monoisotopic (exact) mass is 637 g/mol. The summed E-state index contributed by atoms with van der Waals surface area (Å²) in [5.41, 5.74) is 6.57. The Morgan fingerprint density at radius 1 is 1.07 bits per heavy atom. The number of piperidine rings is 1. The summed E-state index contributed by atoms with van der Waals surface area (Å²) in [5, 5.41) is 6.83. The topological polar surface area (TPSA) is 103 Å². The van der Waals surface area contributed by atoms with Gasteiger partial charge in [0.15, 0.2) is 0 Å². The van der Waals surface area contributed by atoms with Gasteiger partial charge in [0.25, 0.3) is 0 Å². The van der Waals surface area contributed by atoms with E-state index in [1.165, 1.54) is 23.2 Å². The minimum Gasteiger partial charge on any atom is -0.494 e. The molecule has 12 heteroatoms. The van der Waals surface area contributed by atoms with E-state index in [2.05, 4.69) is 89.2 Å². The van der Waals surface area contributed by atoms with Crippen molar-refractivity contribution in [2.24, 2.45) is 0 Å². The molecule has 0 radical (unpaired) electrons. The minimum absolute atomic E-state index is 0.454. The normalized spacial score (nSPS) is 14.0. The minimum atomic E-state index is 0.454. The van der Waals surface area contributed by atoms with Crippen molar-refractivity contribution in [3.63, 3.8) is 0 Å². The summed E-state index contributed by atoms with van der Waals surface area (Å²) in [6.07, 6.45) is 10.3. The first-order chi connectivity index (χ1) is 19.9. The van der Waals surface area contributed by atoms with Gasteiger partial charge < -0.3 is 29.9 Å². The zero-order valence-electron chi connectivity index (χ0n) is 24.0. The number of hydrogen-bond donors (Lipinski definition) is 3. The van der Waals surface area contributed by atoms with E-state index >= 15 is 0 Å². The molecule has 2 aromatic heterocycles. The molecule has 3 heterocycles. The number of halogens is 1. The van der Waals surface area contributed by atoms with Gasteiger partial charge in [0.05, 0.1) is 34.2 Å². The average Bonchev–Trinajstić information content (AvgIpc) is 2.99. The van der Waals surface area contributed by atoms with E-state index in [0.29, 0.717) is 17.8 Å². The molecule has 0 saturated carbocycles. The van der Waals surface area contributed by atoms with E-state index in [0.717, 1.165) is 70.7 Å². The molecule has 1 saturated heterocycles. The number of ether oxygens (including phenoxy) is 1. The van der Waals surface area contributed by atoms with Crippen LogP contribution in [-0.2, 0) is 6.42 Å². The SMILES string of the molecule is CCc1cc(Nc2ncc(Br)c(Nc3ccc4nccnc4c3NSC)n2)c(OC)cc1N1CCC(N(C)C)CC1. The Morgan fingerprint density at radius 2 is 1.85 bits per heavy atom. The predicted molar refractivity (Wildman–Crippen MR) is 174 cm³/mol. The summed E-state index contributed by atoms with van der Waals surface area (Å²) < 4.78 is 9.91. The number of aromatic nitrogens is 4. The third kappa shape index (κ3) is 6.44. The first-order valence-corrected chi connectivity index (χ1v) is 15.6. The van der Waals surface area contributed by atoms with Gasteiger partial charge in [-0.25, -0.2) is 4.98 Å². The molecular formula is C29H36BrN9OS. The van der Waals surface area contributed by atoms with E-state index in [1.807, 2.05) is 18.4 Å². The number of benzene rings is 2. The van der Waals surface area contributed by atoms with Crippen LogP contribution < -0.4 is 25.0 Å². The van der Waals surface area contributed by atoms with E-state index in [4.69, 9.17) is 9.72 Å². The van der Waals surface area contributed by atoms with Gasteiger partial charge in [0.2, 0.25) is 5.95 Å². The van der Waals surface area contributed by atoms with Gasteiger partial charge in [-0.1, -0.05) is 18.9 Å². The zero-order valence-corrected chi connectivity index (χ0v) is 26.4. The lowest BCUT2D eigenvalue weighted by Crippen LogP contribution is -2.42. The van der Waals surface area contributed by atoms with E-state index in [1.54, 1.807) is 25.7 Å². The fourth-order valence-corrected chi connectivity index (χ4v) is 5.89. The van der Waals surface area contributed by atoms with Crippen molar-refractivity contribution < 1.29 is 4.74 Å². The molecule has 0 bridgehead atoms. The lowest BCUT2D eigenvalue weighted by molar-refractivity contribution is 0.249. The molecule has 1 aliphatic rings. The molecular weight excluding hydrogens is 602 g/mol. The van der Waals surface area contributed by atoms with Crippen molar-refractivity contribution >= 4 is 73.4 Å². The highest BCUT2D eigenvalue weighted by Crippen LogP contribution is 2.38. The summed E-state index contributed by atoms with van der Waals surface area (Å²) in [4.78, 5) is 23.1. The van der Waals surface area contributed by atoms with Crippen LogP contribution in [0.25, 0.3) is 11.0 Å². The highest BCUT2D eigenvalue weighted by atomic mass is 79.9. The van der Waals surface area contributed by atoms with Crippen LogP contribution in [0.15, 0.2) is 47.3 Å². The molecule has 2 aromatic carbocycles. The molecule has 4 aromatic rings. The largest absolute Gasteiger partial charge is 0.494 e. The van der Waals surface area contributed by atoms with Crippen molar-refractivity contribution in [1.29, 1.82) is 0 Å². The van der Waals surface area contributed by atoms with E-state index in [-0.39, 0.29) is 0 Å². The molecule has 0 amide bonds. The van der Waals surface area contributed by atoms with Gasteiger partial charge in [-0.05, 0) is 73.1 Å². The van der Waals surface area contributed by atoms with Crippen LogP contribution in [0, 0.1) is 0 Å². The first-order valence-electron chi connectivity index (χ1n) is 13.6. The molecule has 5 rings (SSSR count). The van der Waals surface area contributed by atoms with Gasteiger partial charge in [-0.3, -0.25) is 9.97 Å². The van der Waals surface area contributed by atoms with E-state index in [9.17, 15) is 0 Å². The molecule has 1 fully saturated rings. The second-order valence-electron chi connectivity index (χ2n) is 10.1. The van der Waals surface area contributed by atoms with Crippen molar-refractivity contribution in [1.82, 2.24) is 24.8 Å². The summed E-state index contributed by atoms with van der Waals surface area (Å²) in [6.45, 7) is 4.25. The third-order valence-electron chi connectivity index (χ3n) is 7.41. The third-order valence-corrected chi connectivity index (χ3v) is 8.39. The second kappa shape index (κ2) is 13.1. The maximum absolute atomic E-state index is 5.84.